The standard InChI is InChI=1S/C22H16Cl2N2O5S/c23-20-5-2-6-21(24)19(20)12-26(16-8-7-15(13-27)18(10-16)22(28)29)32(30,31)17-4-1-3-14(9-17)11-25/h1-10,27H,12-13H2,(H,28,29). The third kappa shape index (κ3) is 4.71. The average Bonchev–Trinajstić information content (AvgIpc) is 2.78. The Hall–Kier alpha value is -3.09. The fourth-order valence-corrected chi connectivity index (χ4v) is 5.04. The zero-order valence-corrected chi connectivity index (χ0v) is 18.7. The monoisotopic (exact) mass is 490 g/mol. The van der Waals surface area contributed by atoms with Crippen LogP contribution in [0.15, 0.2) is 65.6 Å². The molecule has 2 N–H and O–H groups in total. The predicted octanol–water partition coefficient (Wildman–Crippen LogP) is 4.45. The number of nitriles is 1. The second-order valence-electron chi connectivity index (χ2n) is 6.66. The van der Waals surface area contributed by atoms with Crippen LogP contribution < -0.4 is 4.31 Å². The van der Waals surface area contributed by atoms with Gasteiger partial charge in [-0.1, -0.05) is 41.4 Å². The molecule has 0 spiro atoms. The van der Waals surface area contributed by atoms with E-state index in [-0.39, 0.29) is 43.9 Å². The lowest BCUT2D eigenvalue weighted by Gasteiger charge is -2.26. The predicted molar refractivity (Wildman–Crippen MR) is 120 cm³/mol. The van der Waals surface area contributed by atoms with Gasteiger partial charge in [-0.2, -0.15) is 5.26 Å². The molecule has 0 unspecified atom stereocenters. The van der Waals surface area contributed by atoms with E-state index in [0.717, 1.165) is 10.4 Å². The van der Waals surface area contributed by atoms with Crippen LogP contribution in [0.1, 0.15) is 27.0 Å². The molecule has 164 valence electrons. The van der Waals surface area contributed by atoms with E-state index >= 15 is 0 Å². The largest absolute Gasteiger partial charge is 0.478 e. The molecule has 0 radical (unpaired) electrons. The van der Waals surface area contributed by atoms with Crippen LogP contribution in [-0.4, -0.2) is 24.6 Å². The van der Waals surface area contributed by atoms with Crippen molar-refractivity contribution in [2.24, 2.45) is 0 Å². The van der Waals surface area contributed by atoms with Gasteiger partial charge >= 0.3 is 5.97 Å². The van der Waals surface area contributed by atoms with E-state index in [9.17, 15) is 23.4 Å². The third-order valence-electron chi connectivity index (χ3n) is 4.70. The fraction of sp³-hybridized carbons (Fsp3) is 0.0909. The molecule has 0 aliphatic rings. The molecule has 0 atom stereocenters. The molecular weight excluding hydrogens is 475 g/mol. The Morgan fingerprint density at radius 2 is 1.69 bits per heavy atom. The van der Waals surface area contributed by atoms with Gasteiger partial charge in [-0.25, -0.2) is 13.2 Å². The maximum absolute atomic E-state index is 13.6. The Balaban J connectivity index is 2.24. The Bertz CT molecular complexity index is 1320. The number of nitrogens with zero attached hydrogens (tertiary/aromatic N) is 2. The minimum atomic E-state index is -4.27. The fourth-order valence-electron chi connectivity index (χ4n) is 3.05. The van der Waals surface area contributed by atoms with E-state index in [1.807, 2.05) is 6.07 Å². The highest BCUT2D eigenvalue weighted by Crippen LogP contribution is 2.32. The van der Waals surface area contributed by atoms with Gasteiger partial charge in [0.25, 0.3) is 10.0 Å². The molecule has 0 saturated heterocycles. The van der Waals surface area contributed by atoms with Crippen molar-refractivity contribution in [3.05, 3.63) is 93.0 Å². The van der Waals surface area contributed by atoms with Crippen molar-refractivity contribution in [2.45, 2.75) is 18.0 Å². The first-order chi connectivity index (χ1) is 15.2. The van der Waals surface area contributed by atoms with Crippen molar-refractivity contribution in [3.63, 3.8) is 0 Å². The Kier molecular flexibility index (Phi) is 7.06. The number of carboxylic acids is 1. The Morgan fingerprint density at radius 1 is 1.03 bits per heavy atom. The van der Waals surface area contributed by atoms with Crippen LogP contribution in [0.3, 0.4) is 0 Å². The topological polar surface area (TPSA) is 119 Å². The highest BCUT2D eigenvalue weighted by atomic mass is 35.5. The third-order valence-corrected chi connectivity index (χ3v) is 7.17. The van der Waals surface area contributed by atoms with Gasteiger partial charge in [0.15, 0.2) is 0 Å². The smallest absolute Gasteiger partial charge is 0.336 e. The van der Waals surface area contributed by atoms with Gasteiger partial charge < -0.3 is 10.2 Å². The highest BCUT2D eigenvalue weighted by Gasteiger charge is 2.28. The summed E-state index contributed by atoms with van der Waals surface area (Å²) < 4.78 is 28.2. The van der Waals surface area contributed by atoms with Gasteiger partial charge in [0.05, 0.1) is 40.9 Å². The van der Waals surface area contributed by atoms with Gasteiger partial charge in [0, 0.05) is 15.6 Å². The summed E-state index contributed by atoms with van der Waals surface area (Å²) in [6, 6.07) is 15.9. The first-order valence-electron chi connectivity index (χ1n) is 9.12. The molecule has 3 aromatic carbocycles. The Morgan fingerprint density at radius 3 is 2.28 bits per heavy atom. The van der Waals surface area contributed by atoms with Gasteiger partial charge in [0.2, 0.25) is 0 Å². The molecule has 3 aromatic rings. The summed E-state index contributed by atoms with van der Waals surface area (Å²) in [5, 5.41) is 28.6. The van der Waals surface area contributed by atoms with Gasteiger partial charge in [-0.3, -0.25) is 4.31 Å². The number of sulfonamides is 1. The molecule has 0 amide bonds. The van der Waals surface area contributed by atoms with E-state index in [1.54, 1.807) is 18.2 Å². The zero-order chi connectivity index (χ0) is 23.5. The van der Waals surface area contributed by atoms with E-state index in [4.69, 9.17) is 28.5 Å². The Labute approximate surface area is 194 Å². The molecule has 32 heavy (non-hydrogen) atoms. The van der Waals surface area contributed by atoms with Crippen molar-refractivity contribution in [1.29, 1.82) is 5.26 Å². The summed E-state index contributed by atoms with van der Waals surface area (Å²) in [5.74, 6) is -1.32. The average molecular weight is 491 g/mol. The molecule has 7 nitrogen and oxygen atoms in total. The van der Waals surface area contributed by atoms with Crippen molar-refractivity contribution in [1.82, 2.24) is 0 Å². The van der Waals surface area contributed by atoms with E-state index in [2.05, 4.69) is 0 Å². The van der Waals surface area contributed by atoms with E-state index in [1.165, 1.54) is 36.4 Å². The summed E-state index contributed by atoms with van der Waals surface area (Å²) in [6.45, 7) is -0.829. The summed E-state index contributed by atoms with van der Waals surface area (Å²) in [7, 11) is -4.27. The molecule has 0 aliphatic heterocycles. The van der Waals surface area contributed by atoms with Crippen molar-refractivity contribution in [3.8, 4) is 6.07 Å². The molecule has 0 aliphatic carbocycles. The molecule has 3 rings (SSSR count). The number of aliphatic hydroxyl groups excluding tert-OH is 1. The summed E-state index contributed by atoms with van der Waals surface area (Å²) >= 11 is 12.5. The minimum Gasteiger partial charge on any atom is -0.478 e. The normalized spacial score (nSPS) is 11.1. The van der Waals surface area contributed by atoms with Crippen molar-refractivity contribution in [2.75, 3.05) is 4.31 Å². The molecule has 0 bridgehead atoms. The molecule has 0 aromatic heterocycles. The number of hydrogen-bond donors (Lipinski definition) is 2. The summed E-state index contributed by atoms with van der Waals surface area (Å²) in [6.07, 6.45) is 0. The number of carboxylic acid groups (broad SMARTS) is 1. The lowest BCUT2D eigenvalue weighted by molar-refractivity contribution is 0.0693. The molecular formula is C22H16Cl2N2O5S. The lowest BCUT2D eigenvalue weighted by atomic mass is 10.1. The van der Waals surface area contributed by atoms with E-state index < -0.39 is 22.6 Å². The van der Waals surface area contributed by atoms with Crippen LogP contribution >= 0.6 is 23.2 Å². The summed E-state index contributed by atoms with van der Waals surface area (Å²) in [5.41, 5.74) is 0.364. The quantitative estimate of drug-likeness (QED) is 0.504. The van der Waals surface area contributed by atoms with Gasteiger partial charge in [0.1, 0.15) is 0 Å². The van der Waals surface area contributed by atoms with Crippen molar-refractivity contribution < 1.29 is 23.4 Å². The number of aromatic carboxylic acids is 1. The number of hydrogen-bond acceptors (Lipinski definition) is 5. The number of benzene rings is 3. The maximum atomic E-state index is 13.6. The number of anilines is 1. The van der Waals surface area contributed by atoms with Gasteiger partial charge in [-0.05, 0) is 48.0 Å². The number of halogens is 2. The molecule has 0 heterocycles. The van der Waals surface area contributed by atoms with Gasteiger partial charge in [-0.15, -0.1) is 0 Å². The first-order valence-corrected chi connectivity index (χ1v) is 11.3. The van der Waals surface area contributed by atoms with Crippen LogP contribution in [0.25, 0.3) is 0 Å². The van der Waals surface area contributed by atoms with Crippen LogP contribution in [0.2, 0.25) is 10.0 Å². The van der Waals surface area contributed by atoms with Crippen LogP contribution in [0, 0.1) is 11.3 Å². The zero-order valence-electron chi connectivity index (χ0n) is 16.4. The maximum Gasteiger partial charge on any atom is 0.336 e. The first kappa shape index (κ1) is 23.6. The number of rotatable bonds is 7. The van der Waals surface area contributed by atoms with Crippen molar-refractivity contribution >= 4 is 44.9 Å². The van der Waals surface area contributed by atoms with Crippen LogP contribution in [-0.2, 0) is 23.2 Å². The molecule has 10 heteroatoms. The lowest BCUT2D eigenvalue weighted by Crippen LogP contribution is -2.31. The van der Waals surface area contributed by atoms with Crippen LogP contribution in [0.5, 0.6) is 0 Å². The minimum absolute atomic E-state index is 0.0259. The highest BCUT2D eigenvalue weighted by molar-refractivity contribution is 7.92. The second-order valence-corrected chi connectivity index (χ2v) is 9.33. The summed E-state index contributed by atoms with van der Waals surface area (Å²) in [4.78, 5) is 11.5. The SMILES string of the molecule is N#Cc1cccc(S(=O)(=O)N(Cc2c(Cl)cccc2Cl)c2ccc(CO)c(C(=O)O)c2)c1. The number of carbonyl (C=O) groups is 1. The molecule has 0 saturated carbocycles. The number of aliphatic hydroxyl groups is 1. The second kappa shape index (κ2) is 9.59. The van der Waals surface area contributed by atoms with Crippen LogP contribution in [0.4, 0.5) is 5.69 Å². The van der Waals surface area contributed by atoms with E-state index in [0.29, 0.717) is 5.56 Å². The molecule has 0 fully saturated rings.